The standard InChI is InChI=1S/C16H15Cl2NO3/c17-13-3-1-2-10(15(13)18)6-11-7-12(20)5-4-9(11)8-14(19)16(21)22/h1-5,7,14,20H,6,8,19H2,(H,21,22). The van der Waals surface area contributed by atoms with Crippen molar-refractivity contribution in [2.75, 3.05) is 0 Å². The minimum Gasteiger partial charge on any atom is -0.508 e. The molecule has 0 fully saturated rings. The Hall–Kier alpha value is -1.75. The van der Waals surface area contributed by atoms with Gasteiger partial charge in [0, 0.05) is 0 Å². The third-order valence-corrected chi connectivity index (χ3v) is 4.22. The van der Waals surface area contributed by atoms with Crippen molar-refractivity contribution < 1.29 is 15.0 Å². The number of rotatable bonds is 5. The number of carboxylic acid groups (broad SMARTS) is 1. The van der Waals surface area contributed by atoms with Gasteiger partial charge in [0.05, 0.1) is 10.0 Å². The molecule has 0 amide bonds. The van der Waals surface area contributed by atoms with Crippen molar-refractivity contribution in [3.63, 3.8) is 0 Å². The molecule has 0 bridgehead atoms. The molecule has 0 saturated carbocycles. The van der Waals surface area contributed by atoms with Crippen LogP contribution in [0.25, 0.3) is 0 Å². The van der Waals surface area contributed by atoms with E-state index in [-0.39, 0.29) is 12.2 Å². The summed E-state index contributed by atoms with van der Waals surface area (Å²) in [6.07, 6.45) is 0.596. The molecule has 0 aliphatic carbocycles. The van der Waals surface area contributed by atoms with Crippen molar-refractivity contribution in [2.45, 2.75) is 18.9 Å². The van der Waals surface area contributed by atoms with Crippen LogP contribution in [-0.4, -0.2) is 22.2 Å². The van der Waals surface area contributed by atoms with E-state index >= 15 is 0 Å². The highest BCUT2D eigenvalue weighted by Crippen LogP contribution is 2.29. The molecular formula is C16H15Cl2NO3. The largest absolute Gasteiger partial charge is 0.508 e. The van der Waals surface area contributed by atoms with Crippen molar-refractivity contribution in [1.29, 1.82) is 0 Å². The van der Waals surface area contributed by atoms with Crippen molar-refractivity contribution in [3.8, 4) is 5.75 Å². The van der Waals surface area contributed by atoms with Gasteiger partial charge in [0.1, 0.15) is 11.8 Å². The van der Waals surface area contributed by atoms with Gasteiger partial charge in [-0.2, -0.15) is 0 Å². The first kappa shape index (κ1) is 16.6. The van der Waals surface area contributed by atoms with Gasteiger partial charge < -0.3 is 15.9 Å². The Morgan fingerprint density at radius 3 is 2.55 bits per heavy atom. The number of carboxylic acids is 1. The van der Waals surface area contributed by atoms with Crippen LogP contribution < -0.4 is 5.73 Å². The lowest BCUT2D eigenvalue weighted by molar-refractivity contribution is -0.138. The Kier molecular flexibility index (Phi) is 5.29. The Labute approximate surface area is 138 Å². The van der Waals surface area contributed by atoms with Crippen LogP contribution in [0.15, 0.2) is 36.4 Å². The minimum atomic E-state index is -1.07. The van der Waals surface area contributed by atoms with Gasteiger partial charge in [-0.15, -0.1) is 0 Å². The second-order valence-corrected chi connectivity index (χ2v) is 5.78. The lowest BCUT2D eigenvalue weighted by Crippen LogP contribution is -2.32. The average molecular weight is 340 g/mol. The van der Waals surface area contributed by atoms with E-state index in [9.17, 15) is 9.90 Å². The average Bonchev–Trinajstić information content (AvgIpc) is 2.46. The zero-order valence-corrected chi connectivity index (χ0v) is 13.1. The van der Waals surface area contributed by atoms with Gasteiger partial charge in [-0.05, 0) is 47.7 Å². The predicted molar refractivity (Wildman–Crippen MR) is 86.7 cm³/mol. The van der Waals surface area contributed by atoms with E-state index in [1.165, 1.54) is 6.07 Å². The number of hydrogen-bond acceptors (Lipinski definition) is 3. The summed E-state index contributed by atoms with van der Waals surface area (Å²) in [5, 5.41) is 19.5. The molecule has 0 radical (unpaired) electrons. The first-order chi connectivity index (χ1) is 10.4. The number of aliphatic carboxylic acids is 1. The van der Waals surface area contributed by atoms with Gasteiger partial charge in [-0.3, -0.25) is 4.79 Å². The van der Waals surface area contributed by atoms with Gasteiger partial charge in [-0.1, -0.05) is 41.4 Å². The van der Waals surface area contributed by atoms with E-state index in [2.05, 4.69) is 0 Å². The maximum Gasteiger partial charge on any atom is 0.320 e. The summed E-state index contributed by atoms with van der Waals surface area (Å²) in [6.45, 7) is 0. The lowest BCUT2D eigenvalue weighted by Gasteiger charge is -2.14. The summed E-state index contributed by atoms with van der Waals surface area (Å²) in [5.74, 6) is -0.972. The molecule has 4 N–H and O–H groups in total. The Morgan fingerprint density at radius 1 is 1.14 bits per heavy atom. The molecule has 0 spiro atoms. The van der Waals surface area contributed by atoms with E-state index in [1.807, 2.05) is 6.07 Å². The monoisotopic (exact) mass is 339 g/mol. The second kappa shape index (κ2) is 7.01. The SMILES string of the molecule is NC(Cc1ccc(O)cc1Cc1cccc(Cl)c1Cl)C(=O)O. The van der Waals surface area contributed by atoms with E-state index < -0.39 is 12.0 Å². The molecule has 2 rings (SSSR count). The summed E-state index contributed by atoms with van der Waals surface area (Å²) < 4.78 is 0. The van der Waals surface area contributed by atoms with Crippen LogP contribution in [-0.2, 0) is 17.6 Å². The van der Waals surface area contributed by atoms with Gasteiger partial charge in [0.2, 0.25) is 0 Å². The summed E-state index contributed by atoms with van der Waals surface area (Å²) in [6, 6.07) is 9.07. The molecule has 0 heterocycles. The second-order valence-electron chi connectivity index (χ2n) is 4.99. The van der Waals surface area contributed by atoms with E-state index in [0.717, 1.165) is 16.7 Å². The van der Waals surface area contributed by atoms with Gasteiger partial charge in [0.15, 0.2) is 0 Å². The molecule has 0 aliphatic rings. The Morgan fingerprint density at radius 2 is 1.86 bits per heavy atom. The number of phenolic OH excluding ortho intramolecular Hbond substituents is 1. The third-order valence-electron chi connectivity index (χ3n) is 3.36. The number of hydrogen-bond donors (Lipinski definition) is 3. The van der Waals surface area contributed by atoms with Crippen molar-refractivity contribution >= 4 is 29.2 Å². The fourth-order valence-electron chi connectivity index (χ4n) is 2.19. The maximum atomic E-state index is 10.9. The smallest absolute Gasteiger partial charge is 0.320 e. The van der Waals surface area contributed by atoms with E-state index in [4.69, 9.17) is 34.0 Å². The number of aromatic hydroxyl groups is 1. The first-order valence-corrected chi connectivity index (χ1v) is 7.36. The molecule has 6 heteroatoms. The van der Waals surface area contributed by atoms with Crippen molar-refractivity contribution in [2.24, 2.45) is 5.73 Å². The highest BCUT2D eigenvalue weighted by atomic mass is 35.5. The molecule has 22 heavy (non-hydrogen) atoms. The van der Waals surface area contributed by atoms with Crippen LogP contribution >= 0.6 is 23.2 Å². The zero-order chi connectivity index (χ0) is 16.3. The molecule has 2 aromatic rings. The summed E-state index contributed by atoms with van der Waals surface area (Å²) in [7, 11) is 0. The lowest BCUT2D eigenvalue weighted by atomic mass is 9.95. The highest BCUT2D eigenvalue weighted by molar-refractivity contribution is 6.42. The predicted octanol–water partition coefficient (Wildman–Crippen LogP) is 3.24. The molecule has 0 aliphatic heterocycles. The van der Waals surface area contributed by atoms with E-state index in [1.54, 1.807) is 24.3 Å². The molecule has 1 atom stereocenters. The van der Waals surface area contributed by atoms with Crippen LogP contribution in [0.2, 0.25) is 10.0 Å². The van der Waals surface area contributed by atoms with Crippen LogP contribution in [0.4, 0.5) is 0 Å². The number of carbonyl (C=O) groups is 1. The van der Waals surface area contributed by atoms with Gasteiger partial charge in [0.25, 0.3) is 0 Å². The molecule has 1 unspecified atom stereocenters. The highest BCUT2D eigenvalue weighted by Gasteiger charge is 2.16. The summed E-state index contributed by atoms with van der Waals surface area (Å²) in [4.78, 5) is 10.9. The number of phenols is 1. The van der Waals surface area contributed by atoms with Crippen molar-refractivity contribution in [3.05, 3.63) is 63.1 Å². The molecule has 2 aromatic carbocycles. The molecule has 0 aromatic heterocycles. The molecule has 0 saturated heterocycles. The molecule has 116 valence electrons. The number of halogens is 2. The minimum absolute atomic E-state index is 0.0980. The topological polar surface area (TPSA) is 83.5 Å². The van der Waals surface area contributed by atoms with E-state index in [0.29, 0.717) is 16.5 Å². The van der Waals surface area contributed by atoms with Crippen LogP contribution in [0.3, 0.4) is 0 Å². The number of nitrogens with two attached hydrogens (primary N) is 1. The fourth-order valence-corrected chi connectivity index (χ4v) is 2.58. The number of benzene rings is 2. The zero-order valence-electron chi connectivity index (χ0n) is 11.6. The molecule has 4 nitrogen and oxygen atoms in total. The van der Waals surface area contributed by atoms with Gasteiger partial charge in [-0.25, -0.2) is 0 Å². The summed E-state index contributed by atoms with van der Waals surface area (Å²) >= 11 is 12.2. The summed E-state index contributed by atoms with van der Waals surface area (Å²) in [5.41, 5.74) is 7.91. The van der Waals surface area contributed by atoms with Crippen LogP contribution in [0, 0.1) is 0 Å². The van der Waals surface area contributed by atoms with Gasteiger partial charge >= 0.3 is 5.97 Å². The maximum absolute atomic E-state index is 10.9. The normalized spacial score (nSPS) is 12.1. The Bertz CT molecular complexity index is 704. The fraction of sp³-hybridized carbons (Fsp3) is 0.188. The van der Waals surface area contributed by atoms with Crippen LogP contribution in [0.1, 0.15) is 16.7 Å². The quantitative estimate of drug-likeness (QED) is 0.780. The molecular weight excluding hydrogens is 325 g/mol. The third kappa shape index (κ3) is 3.91. The van der Waals surface area contributed by atoms with Crippen LogP contribution in [0.5, 0.6) is 5.75 Å². The Balaban J connectivity index is 2.35. The first-order valence-electron chi connectivity index (χ1n) is 6.60. The van der Waals surface area contributed by atoms with Crippen molar-refractivity contribution in [1.82, 2.24) is 0 Å².